The van der Waals surface area contributed by atoms with Crippen LogP contribution < -0.4 is 9.62 Å². The van der Waals surface area contributed by atoms with Gasteiger partial charge >= 0.3 is 0 Å². The fraction of sp³-hybridized carbons (Fsp3) is 0.435. The Morgan fingerprint density at radius 1 is 1.16 bits per heavy atom. The highest BCUT2D eigenvalue weighted by molar-refractivity contribution is 7.92. The molecule has 2 aromatic rings. The number of anilines is 2. The van der Waals surface area contributed by atoms with Gasteiger partial charge in [0.05, 0.1) is 27.8 Å². The van der Waals surface area contributed by atoms with Crippen molar-refractivity contribution >= 4 is 38.9 Å². The van der Waals surface area contributed by atoms with Crippen LogP contribution in [0.4, 0.5) is 11.4 Å². The van der Waals surface area contributed by atoms with E-state index in [1.54, 1.807) is 37.3 Å². The quantitative estimate of drug-likeness (QED) is 0.628. The Morgan fingerprint density at radius 3 is 2.41 bits per heavy atom. The van der Waals surface area contributed by atoms with E-state index in [1.165, 1.54) is 16.4 Å². The first-order chi connectivity index (χ1) is 15.2. The Kier molecular flexibility index (Phi) is 8.16. The highest BCUT2D eigenvalue weighted by atomic mass is 35.5. The maximum absolute atomic E-state index is 13.2. The van der Waals surface area contributed by atoms with Crippen molar-refractivity contribution in [2.75, 3.05) is 49.9 Å². The third-order valence-electron chi connectivity index (χ3n) is 5.84. The molecule has 3 rings (SSSR count). The average Bonchev–Trinajstić information content (AvgIpc) is 2.76. The lowest BCUT2D eigenvalue weighted by Crippen LogP contribution is -2.44. The Labute approximate surface area is 196 Å². The zero-order valence-electron chi connectivity index (χ0n) is 18.8. The molecule has 1 heterocycles. The van der Waals surface area contributed by atoms with Crippen LogP contribution in [0.2, 0.25) is 5.02 Å². The molecule has 32 heavy (non-hydrogen) atoms. The van der Waals surface area contributed by atoms with Crippen molar-refractivity contribution in [1.29, 1.82) is 0 Å². The van der Waals surface area contributed by atoms with Gasteiger partial charge in [0.25, 0.3) is 10.0 Å². The summed E-state index contributed by atoms with van der Waals surface area (Å²) in [6.45, 7) is 4.36. The lowest BCUT2D eigenvalue weighted by Gasteiger charge is -2.34. The van der Waals surface area contributed by atoms with Crippen LogP contribution in [0.3, 0.4) is 0 Å². The Balaban J connectivity index is 1.68. The van der Waals surface area contributed by atoms with Gasteiger partial charge in [-0.1, -0.05) is 29.8 Å². The number of likely N-dealkylation sites (tertiary alicyclic amines) is 1. The molecule has 1 N–H and O–H groups in total. The first kappa shape index (κ1) is 24.5. The molecule has 0 spiro atoms. The number of piperidine rings is 1. The number of likely N-dealkylation sites (N-methyl/N-ethyl adjacent to an activating group) is 1. The molecule has 1 aliphatic heterocycles. The largest absolute Gasteiger partial charge is 0.324 e. The lowest BCUT2D eigenvalue weighted by atomic mass is 10.0. The minimum atomic E-state index is -3.79. The summed E-state index contributed by atoms with van der Waals surface area (Å²) in [7, 11) is 0.274. The minimum Gasteiger partial charge on any atom is -0.324 e. The van der Waals surface area contributed by atoms with Crippen molar-refractivity contribution in [3.63, 3.8) is 0 Å². The van der Waals surface area contributed by atoms with Gasteiger partial charge < -0.3 is 10.2 Å². The molecule has 7 nitrogen and oxygen atoms in total. The molecular formula is C23H31ClN4O3S. The molecule has 0 unspecified atom stereocenters. The van der Waals surface area contributed by atoms with Gasteiger partial charge in [0.1, 0.15) is 0 Å². The number of para-hydroxylation sites is 1. The van der Waals surface area contributed by atoms with E-state index in [0.29, 0.717) is 17.4 Å². The van der Waals surface area contributed by atoms with Crippen LogP contribution in [0.1, 0.15) is 19.8 Å². The summed E-state index contributed by atoms with van der Waals surface area (Å²) in [5.74, 6) is -0.177. The van der Waals surface area contributed by atoms with Crippen LogP contribution >= 0.6 is 11.6 Å². The molecule has 2 aromatic carbocycles. The molecule has 0 aliphatic carbocycles. The van der Waals surface area contributed by atoms with E-state index in [0.717, 1.165) is 25.9 Å². The summed E-state index contributed by atoms with van der Waals surface area (Å²) >= 11 is 6.36. The summed E-state index contributed by atoms with van der Waals surface area (Å²) in [6, 6.07) is 13.7. The fourth-order valence-electron chi connectivity index (χ4n) is 3.95. The number of rotatable bonds is 8. The molecule has 1 amide bonds. The molecule has 1 aliphatic rings. The van der Waals surface area contributed by atoms with Gasteiger partial charge in [0.15, 0.2) is 0 Å². The van der Waals surface area contributed by atoms with Gasteiger partial charge in [-0.05, 0) is 77.3 Å². The predicted molar refractivity (Wildman–Crippen MR) is 130 cm³/mol. The summed E-state index contributed by atoms with van der Waals surface area (Å²) in [5.41, 5.74) is 0.982. The number of carbonyl (C=O) groups is 1. The van der Waals surface area contributed by atoms with E-state index < -0.39 is 10.0 Å². The number of benzene rings is 2. The van der Waals surface area contributed by atoms with Crippen LogP contribution in [0.5, 0.6) is 0 Å². The molecule has 9 heteroatoms. The van der Waals surface area contributed by atoms with Crippen LogP contribution in [-0.2, 0) is 14.8 Å². The summed E-state index contributed by atoms with van der Waals surface area (Å²) in [6.07, 6.45) is 2.06. The maximum atomic E-state index is 13.2. The molecule has 0 saturated carbocycles. The minimum absolute atomic E-state index is 0.0784. The number of hydrogen-bond acceptors (Lipinski definition) is 5. The Bertz CT molecular complexity index is 1020. The van der Waals surface area contributed by atoms with Gasteiger partial charge in [0, 0.05) is 12.6 Å². The number of sulfonamides is 1. The molecule has 0 radical (unpaired) electrons. The molecule has 0 atom stereocenters. The highest BCUT2D eigenvalue weighted by Crippen LogP contribution is 2.29. The number of nitrogens with zero attached hydrogens (tertiary/aromatic N) is 3. The monoisotopic (exact) mass is 478 g/mol. The lowest BCUT2D eigenvalue weighted by molar-refractivity contribution is -0.117. The first-order valence-electron chi connectivity index (χ1n) is 10.8. The van der Waals surface area contributed by atoms with Crippen molar-refractivity contribution in [1.82, 2.24) is 9.80 Å². The van der Waals surface area contributed by atoms with Crippen molar-refractivity contribution < 1.29 is 13.2 Å². The zero-order chi connectivity index (χ0) is 23.3. The maximum Gasteiger partial charge on any atom is 0.264 e. The molecular weight excluding hydrogens is 448 g/mol. The number of carbonyl (C=O) groups excluding carboxylic acids is 1. The second-order valence-electron chi connectivity index (χ2n) is 8.14. The number of nitrogens with one attached hydrogen (secondary N) is 1. The second kappa shape index (κ2) is 10.7. The summed E-state index contributed by atoms with van der Waals surface area (Å²) in [5, 5.41) is 3.00. The molecule has 1 saturated heterocycles. The normalized spacial score (nSPS) is 15.7. The molecule has 0 bridgehead atoms. The van der Waals surface area contributed by atoms with E-state index in [4.69, 9.17) is 11.6 Å². The van der Waals surface area contributed by atoms with Gasteiger partial charge in [0.2, 0.25) is 5.91 Å². The van der Waals surface area contributed by atoms with Gasteiger partial charge in [-0.25, -0.2) is 8.42 Å². The van der Waals surface area contributed by atoms with Crippen LogP contribution in [0.15, 0.2) is 53.4 Å². The third-order valence-corrected chi connectivity index (χ3v) is 8.05. The smallest absolute Gasteiger partial charge is 0.264 e. The van der Waals surface area contributed by atoms with Crippen molar-refractivity contribution in [2.24, 2.45) is 0 Å². The Morgan fingerprint density at radius 2 is 1.81 bits per heavy atom. The van der Waals surface area contributed by atoms with E-state index >= 15 is 0 Å². The molecule has 0 aromatic heterocycles. The first-order valence-corrected chi connectivity index (χ1v) is 12.6. The second-order valence-corrected chi connectivity index (χ2v) is 10.4. The number of hydrogen-bond donors (Lipinski definition) is 1. The summed E-state index contributed by atoms with van der Waals surface area (Å²) < 4.78 is 27.7. The van der Waals surface area contributed by atoms with Crippen LogP contribution in [-0.4, -0.2) is 70.4 Å². The van der Waals surface area contributed by atoms with E-state index in [-0.39, 0.29) is 28.9 Å². The molecule has 174 valence electrons. The predicted octanol–water partition coefficient (Wildman–Crippen LogP) is 3.52. The van der Waals surface area contributed by atoms with Gasteiger partial charge in [-0.3, -0.25) is 14.0 Å². The SMILES string of the molecule is CCN(c1ccccc1)S(=O)(=O)c1ccc(NC(=O)CN(C)C2CCN(C)CC2)c(Cl)c1. The number of amides is 1. The van der Waals surface area contributed by atoms with Crippen molar-refractivity contribution in [3.8, 4) is 0 Å². The van der Waals surface area contributed by atoms with E-state index in [1.807, 2.05) is 13.1 Å². The van der Waals surface area contributed by atoms with E-state index in [2.05, 4.69) is 22.2 Å². The highest BCUT2D eigenvalue weighted by Gasteiger charge is 2.25. The van der Waals surface area contributed by atoms with Crippen LogP contribution in [0.25, 0.3) is 0 Å². The van der Waals surface area contributed by atoms with Crippen molar-refractivity contribution in [3.05, 3.63) is 53.6 Å². The fourth-order valence-corrected chi connectivity index (χ4v) is 5.74. The zero-order valence-corrected chi connectivity index (χ0v) is 20.4. The van der Waals surface area contributed by atoms with E-state index in [9.17, 15) is 13.2 Å². The Hall–Kier alpha value is -2.13. The topological polar surface area (TPSA) is 73.0 Å². The average molecular weight is 479 g/mol. The van der Waals surface area contributed by atoms with Crippen LogP contribution in [0, 0.1) is 0 Å². The standard InChI is InChI=1S/C23H31ClN4O3S/c1-4-28(19-8-6-5-7-9-19)32(30,31)20-10-11-22(21(24)16-20)25-23(29)17-27(3)18-12-14-26(2)15-13-18/h5-11,16,18H,4,12-15,17H2,1-3H3,(H,25,29). The van der Waals surface area contributed by atoms with Gasteiger partial charge in [-0.15, -0.1) is 0 Å². The number of halogens is 1. The molecule has 1 fully saturated rings. The van der Waals surface area contributed by atoms with Crippen molar-refractivity contribution in [2.45, 2.75) is 30.7 Å². The van der Waals surface area contributed by atoms with Gasteiger partial charge in [-0.2, -0.15) is 0 Å². The summed E-state index contributed by atoms with van der Waals surface area (Å²) in [4.78, 5) is 17.0. The third kappa shape index (κ3) is 5.81.